The third-order valence-electron chi connectivity index (χ3n) is 5.70. The second-order valence-electron chi connectivity index (χ2n) is 6.78. The van der Waals surface area contributed by atoms with Gasteiger partial charge >= 0.3 is 0 Å². The molecule has 2 unspecified atom stereocenters. The first-order valence-corrected chi connectivity index (χ1v) is 8.45. The highest BCUT2D eigenvalue weighted by atomic mass is 16.3. The van der Waals surface area contributed by atoms with Crippen molar-refractivity contribution in [3.05, 3.63) is 23.7 Å². The summed E-state index contributed by atoms with van der Waals surface area (Å²) in [5.74, 6) is 2.17. The molecule has 2 aliphatic heterocycles. The van der Waals surface area contributed by atoms with Gasteiger partial charge in [-0.1, -0.05) is 0 Å². The van der Waals surface area contributed by atoms with Gasteiger partial charge in [-0.05, 0) is 70.1 Å². The largest absolute Gasteiger partial charge is 0.469 e. The highest BCUT2D eigenvalue weighted by molar-refractivity contribution is 5.24. The number of piperidine rings is 1. The molecule has 3 nitrogen and oxygen atoms in total. The van der Waals surface area contributed by atoms with Crippen molar-refractivity contribution in [2.45, 2.75) is 57.0 Å². The highest BCUT2D eigenvalue weighted by Gasteiger charge is 2.33. The first-order chi connectivity index (χ1) is 9.92. The summed E-state index contributed by atoms with van der Waals surface area (Å²) in [5, 5.41) is 3.70. The number of hydrogen-bond donors (Lipinski definition) is 1. The van der Waals surface area contributed by atoms with Crippen molar-refractivity contribution in [2.75, 3.05) is 19.6 Å². The number of aryl methyl sites for hydroxylation is 1. The first-order valence-electron chi connectivity index (χ1n) is 8.45. The maximum Gasteiger partial charge on any atom is 0.108 e. The Morgan fingerprint density at radius 2 is 2.00 bits per heavy atom. The van der Waals surface area contributed by atoms with Gasteiger partial charge in [0.1, 0.15) is 5.76 Å². The van der Waals surface area contributed by atoms with Crippen LogP contribution in [0.15, 0.2) is 16.7 Å². The topological polar surface area (TPSA) is 28.4 Å². The molecule has 0 saturated carbocycles. The Labute approximate surface area is 121 Å². The fraction of sp³-hybridized carbons (Fsp3) is 0.765. The average Bonchev–Trinajstić information content (AvgIpc) is 3.18. The lowest BCUT2D eigenvalue weighted by Gasteiger charge is -2.40. The highest BCUT2D eigenvalue weighted by Crippen LogP contribution is 2.37. The van der Waals surface area contributed by atoms with E-state index >= 15 is 0 Å². The Hall–Kier alpha value is -0.800. The molecule has 1 aromatic heterocycles. The minimum absolute atomic E-state index is 0.634. The number of nitrogens with zero attached hydrogens (tertiary/aromatic N) is 1. The van der Waals surface area contributed by atoms with Crippen molar-refractivity contribution in [1.82, 2.24) is 10.2 Å². The van der Waals surface area contributed by atoms with Gasteiger partial charge in [-0.25, -0.2) is 0 Å². The second kappa shape index (κ2) is 5.53. The number of fused-ring (bicyclic) bond motifs is 1. The Morgan fingerprint density at radius 3 is 2.80 bits per heavy atom. The van der Waals surface area contributed by atoms with Crippen LogP contribution in [0.25, 0.3) is 0 Å². The van der Waals surface area contributed by atoms with Gasteiger partial charge in [-0.2, -0.15) is 0 Å². The molecule has 2 saturated heterocycles. The molecule has 3 aliphatic rings. The number of nitrogens with one attached hydrogen (secondary N) is 1. The molecule has 2 fully saturated rings. The van der Waals surface area contributed by atoms with Crippen LogP contribution in [0.1, 0.15) is 55.9 Å². The zero-order valence-corrected chi connectivity index (χ0v) is 12.3. The van der Waals surface area contributed by atoms with Crippen LogP contribution in [-0.4, -0.2) is 30.6 Å². The normalized spacial score (nSPS) is 32.4. The van der Waals surface area contributed by atoms with E-state index in [0.29, 0.717) is 6.04 Å². The van der Waals surface area contributed by atoms with E-state index in [-0.39, 0.29) is 0 Å². The molecule has 4 rings (SSSR count). The van der Waals surface area contributed by atoms with Gasteiger partial charge < -0.3 is 9.73 Å². The maximum atomic E-state index is 5.64. The van der Waals surface area contributed by atoms with Crippen molar-refractivity contribution >= 4 is 0 Å². The number of likely N-dealkylation sites (tertiary alicyclic amines) is 1. The van der Waals surface area contributed by atoms with Crippen LogP contribution in [0.2, 0.25) is 0 Å². The van der Waals surface area contributed by atoms with Gasteiger partial charge in [0.2, 0.25) is 0 Å². The molecule has 20 heavy (non-hydrogen) atoms. The van der Waals surface area contributed by atoms with E-state index in [1.165, 1.54) is 69.5 Å². The van der Waals surface area contributed by atoms with Crippen LogP contribution in [0, 0.1) is 5.92 Å². The summed E-state index contributed by atoms with van der Waals surface area (Å²) in [4.78, 5) is 2.72. The van der Waals surface area contributed by atoms with Crippen molar-refractivity contribution in [2.24, 2.45) is 5.92 Å². The van der Waals surface area contributed by atoms with Gasteiger partial charge in [0.25, 0.3) is 0 Å². The third kappa shape index (κ3) is 2.31. The van der Waals surface area contributed by atoms with Crippen molar-refractivity contribution in [3.8, 4) is 0 Å². The smallest absolute Gasteiger partial charge is 0.108 e. The van der Waals surface area contributed by atoms with Crippen molar-refractivity contribution in [3.63, 3.8) is 0 Å². The SMILES string of the molecule is c1cc2c(o1)CCCC2N1CCC(C2CCCN2)CC1. The fourth-order valence-electron chi connectivity index (χ4n) is 4.59. The van der Waals surface area contributed by atoms with Crippen LogP contribution in [0.5, 0.6) is 0 Å². The standard InChI is InChI=1S/C17H26N2O/c1-4-16(14-8-12-20-17(14)5-1)19-10-6-13(7-11-19)15-3-2-9-18-15/h8,12-13,15-16,18H,1-7,9-11H2. The van der Waals surface area contributed by atoms with Gasteiger partial charge in [0.05, 0.1) is 6.26 Å². The van der Waals surface area contributed by atoms with E-state index in [0.717, 1.165) is 18.4 Å². The van der Waals surface area contributed by atoms with Crippen LogP contribution >= 0.6 is 0 Å². The van der Waals surface area contributed by atoms with Crippen LogP contribution < -0.4 is 5.32 Å². The van der Waals surface area contributed by atoms with E-state index in [1.54, 1.807) is 0 Å². The summed E-state index contributed by atoms with van der Waals surface area (Å²) in [6.07, 6.45) is 11.2. The molecule has 110 valence electrons. The van der Waals surface area contributed by atoms with Crippen molar-refractivity contribution < 1.29 is 4.42 Å². The average molecular weight is 274 g/mol. The number of hydrogen-bond acceptors (Lipinski definition) is 3. The molecular formula is C17H26N2O. The van der Waals surface area contributed by atoms with E-state index < -0.39 is 0 Å². The molecule has 0 aromatic carbocycles. The molecule has 0 bridgehead atoms. The minimum Gasteiger partial charge on any atom is -0.469 e. The Morgan fingerprint density at radius 1 is 1.10 bits per heavy atom. The summed E-state index contributed by atoms with van der Waals surface area (Å²) in [6, 6.07) is 3.66. The number of furan rings is 1. The van der Waals surface area contributed by atoms with Gasteiger partial charge in [-0.15, -0.1) is 0 Å². The van der Waals surface area contributed by atoms with Gasteiger partial charge in [0, 0.05) is 24.1 Å². The first kappa shape index (κ1) is 12.9. The molecular weight excluding hydrogens is 248 g/mol. The van der Waals surface area contributed by atoms with E-state index in [9.17, 15) is 0 Å². The van der Waals surface area contributed by atoms with E-state index in [1.807, 2.05) is 6.26 Å². The number of rotatable bonds is 2. The summed E-state index contributed by atoms with van der Waals surface area (Å²) in [6.45, 7) is 3.79. The van der Waals surface area contributed by atoms with Crippen LogP contribution in [0.3, 0.4) is 0 Å². The van der Waals surface area contributed by atoms with E-state index in [4.69, 9.17) is 4.42 Å². The van der Waals surface area contributed by atoms with Gasteiger partial charge in [-0.3, -0.25) is 4.90 Å². The second-order valence-corrected chi connectivity index (χ2v) is 6.78. The molecule has 1 aromatic rings. The molecule has 0 amide bonds. The maximum absolute atomic E-state index is 5.64. The van der Waals surface area contributed by atoms with Gasteiger partial charge in [0.15, 0.2) is 0 Å². The Bertz CT molecular complexity index is 442. The summed E-state index contributed by atoms with van der Waals surface area (Å²) in [5.41, 5.74) is 1.48. The third-order valence-corrected chi connectivity index (χ3v) is 5.70. The molecule has 1 N–H and O–H groups in total. The van der Waals surface area contributed by atoms with Crippen molar-refractivity contribution in [1.29, 1.82) is 0 Å². The Kier molecular flexibility index (Phi) is 3.57. The molecule has 0 radical (unpaired) electrons. The molecule has 3 heterocycles. The van der Waals surface area contributed by atoms with Crippen LogP contribution in [-0.2, 0) is 6.42 Å². The summed E-state index contributed by atoms with van der Waals surface area (Å²) >= 11 is 0. The summed E-state index contributed by atoms with van der Waals surface area (Å²) in [7, 11) is 0. The molecule has 2 atom stereocenters. The lowest BCUT2D eigenvalue weighted by atomic mass is 9.85. The Balaban J connectivity index is 1.40. The monoisotopic (exact) mass is 274 g/mol. The molecule has 1 aliphatic carbocycles. The fourth-order valence-corrected chi connectivity index (χ4v) is 4.59. The predicted molar refractivity (Wildman–Crippen MR) is 79.7 cm³/mol. The lowest BCUT2D eigenvalue weighted by molar-refractivity contribution is 0.107. The minimum atomic E-state index is 0.634. The lowest BCUT2D eigenvalue weighted by Crippen LogP contribution is -2.42. The summed E-state index contributed by atoms with van der Waals surface area (Å²) < 4.78 is 5.64. The zero-order valence-electron chi connectivity index (χ0n) is 12.3. The molecule has 0 spiro atoms. The predicted octanol–water partition coefficient (Wildman–Crippen LogP) is 3.12. The molecule has 3 heteroatoms. The van der Waals surface area contributed by atoms with E-state index in [2.05, 4.69) is 16.3 Å². The van der Waals surface area contributed by atoms with Crippen LogP contribution in [0.4, 0.5) is 0 Å². The quantitative estimate of drug-likeness (QED) is 0.898. The zero-order chi connectivity index (χ0) is 13.4.